The molecule has 0 bridgehead atoms. The fourth-order valence-corrected chi connectivity index (χ4v) is 4.72. The summed E-state index contributed by atoms with van der Waals surface area (Å²) in [4.78, 5) is 16.6. The van der Waals surface area contributed by atoms with Gasteiger partial charge >= 0.3 is 5.97 Å². The molecule has 1 aliphatic carbocycles. The van der Waals surface area contributed by atoms with E-state index in [1.165, 1.54) is 42.0 Å². The summed E-state index contributed by atoms with van der Waals surface area (Å²) in [5.41, 5.74) is 1.28. The lowest BCUT2D eigenvalue weighted by Crippen LogP contribution is -2.11. The Balaban J connectivity index is 1.80. The number of nitrogens with zero attached hydrogens (tertiary/aromatic N) is 1. The largest absolute Gasteiger partial charge is 0.478 e. The van der Waals surface area contributed by atoms with E-state index in [4.69, 9.17) is 10.1 Å². The van der Waals surface area contributed by atoms with E-state index < -0.39 is 5.97 Å². The number of aromatic nitrogens is 1. The van der Waals surface area contributed by atoms with Crippen molar-refractivity contribution in [3.05, 3.63) is 27.4 Å². The van der Waals surface area contributed by atoms with Crippen LogP contribution in [0.1, 0.15) is 53.9 Å². The second-order valence-electron chi connectivity index (χ2n) is 5.54. The first-order valence-electron chi connectivity index (χ1n) is 6.91. The van der Waals surface area contributed by atoms with Gasteiger partial charge in [0, 0.05) is 16.7 Å². The van der Waals surface area contributed by atoms with Crippen molar-refractivity contribution in [2.24, 2.45) is 5.92 Å². The number of thiophene rings is 1. The Morgan fingerprint density at radius 3 is 2.90 bits per heavy atom. The average Bonchev–Trinajstić information content (AvgIpc) is 3.08. The van der Waals surface area contributed by atoms with Gasteiger partial charge in [-0.1, -0.05) is 19.8 Å². The topological polar surface area (TPSA) is 50.2 Å². The maximum atomic E-state index is 10.9. The van der Waals surface area contributed by atoms with Gasteiger partial charge in [-0.3, -0.25) is 0 Å². The Morgan fingerprint density at radius 1 is 1.35 bits per heavy atom. The molecule has 2 aromatic rings. The van der Waals surface area contributed by atoms with E-state index in [2.05, 4.69) is 12.3 Å². The van der Waals surface area contributed by atoms with Crippen LogP contribution < -0.4 is 0 Å². The molecular formula is C15H17NO2S2. The van der Waals surface area contributed by atoms with Crippen molar-refractivity contribution in [3.63, 3.8) is 0 Å². The molecule has 2 unspecified atom stereocenters. The highest BCUT2D eigenvalue weighted by atomic mass is 32.1. The van der Waals surface area contributed by atoms with Gasteiger partial charge in [-0.25, -0.2) is 9.78 Å². The summed E-state index contributed by atoms with van der Waals surface area (Å²) in [5.74, 6) is 0.516. The third-order valence-corrected chi connectivity index (χ3v) is 5.87. The minimum Gasteiger partial charge on any atom is -0.478 e. The number of carboxylic acids is 1. The third kappa shape index (κ3) is 2.79. The van der Waals surface area contributed by atoms with Crippen LogP contribution in [0.5, 0.6) is 0 Å². The van der Waals surface area contributed by atoms with E-state index in [-0.39, 0.29) is 0 Å². The zero-order valence-corrected chi connectivity index (χ0v) is 13.0. The quantitative estimate of drug-likeness (QED) is 0.880. The van der Waals surface area contributed by atoms with Crippen LogP contribution in [0, 0.1) is 5.92 Å². The zero-order chi connectivity index (χ0) is 14.1. The minimum atomic E-state index is -0.871. The Bertz CT molecular complexity index is 617. The minimum absolute atomic E-state index is 0.353. The summed E-state index contributed by atoms with van der Waals surface area (Å²) in [7, 11) is 0. The van der Waals surface area contributed by atoms with Gasteiger partial charge < -0.3 is 5.11 Å². The molecule has 2 aromatic heterocycles. The summed E-state index contributed by atoms with van der Waals surface area (Å²) < 4.78 is 0. The standard InChI is InChI=1S/C15H17NO2S2/c1-9-3-2-4-10(5-9)14-16-12(8-20-14)13-6-11(7-19-13)15(17)18/h6-10H,2-5H2,1H3,(H,17,18). The smallest absolute Gasteiger partial charge is 0.336 e. The molecule has 1 saturated carbocycles. The molecule has 1 aliphatic rings. The molecule has 0 aromatic carbocycles. The molecule has 0 amide bonds. The van der Waals surface area contributed by atoms with Crippen LogP contribution in [0.2, 0.25) is 0 Å². The summed E-state index contributed by atoms with van der Waals surface area (Å²) >= 11 is 3.17. The molecule has 3 rings (SSSR count). The van der Waals surface area contributed by atoms with Gasteiger partial charge in [-0.05, 0) is 24.8 Å². The molecular weight excluding hydrogens is 290 g/mol. The summed E-state index contributed by atoms with van der Waals surface area (Å²) in [5, 5.41) is 13.9. The van der Waals surface area contributed by atoms with Gasteiger partial charge in [0.25, 0.3) is 0 Å². The Morgan fingerprint density at radius 2 is 2.20 bits per heavy atom. The Kier molecular flexibility index (Phi) is 3.89. The molecule has 0 radical (unpaired) electrons. The molecule has 3 nitrogen and oxygen atoms in total. The molecule has 1 fully saturated rings. The number of carbonyl (C=O) groups is 1. The first-order valence-corrected chi connectivity index (χ1v) is 8.67. The van der Waals surface area contributed by atoms with Crippen LogP contribution in [-0.4, -0.2) is 16.1 Å². The van der Waals surface area contributed by atoms with E-state index in [9.17, 15) is 4.79 Å². The van der Waals surface area contributed by atoms with Crippen LogP contribution in [0.15, 0.2) is 16.8 Å². The third-order valence-electron chi connectivity index (χ3n) is 3.91. The predicted molar refractivity (Wildman–Crippen MR) is 82.8 cm³/mol. The van der Waals surface area contributed by atoms with Crippen LogP contribution in [0.4, 0.5) is 0 Å². The molecule has 0 aliphatic heterocycles. The summed E-state index contributed by atoms with van der Waals surface area (Å²) in [6, 6.07) is 1.72. The van der Waals surface area contributed by atoms with E-state index in [1.807, 2.05) is 0 Å². The number of rotatable bonds is 3. The first kappa shape index (κ1) is 13.8. The Labute approximate surface area is 126 Å². The van der Waals surface area contributed by atoms with E-state index in [1.54, 1.807) is 22.8 Å². The highest BCUT2D eigenvalue weighted by molar-refractivity contribution is 7.14. The summed E-state index contributed by atoms with van der Waals surface area (Å²) in [6.45, 7) is 2.32. The fourth-order valence-electron chi connectivity index (χ4n) is 2.83. The van der Waals surface area contributed by atoms with Crippen LogP contribution in [0.25, 0.3) is 10.6 Å². The number of aromatic carboxylic acids is 1. The lowest BCUT2D eigenvalue weighted by atomic mass is 9.83. The van der Waals surface area contributed by atoms with Gasteiger partial charge in [0.2, 0.25) is 0 Å². The van der Waals surface area contributed by atoms with Crippen molar-refractivity contribution in [2.75, 3.05) is 0 Å². The molecule has 5 heteroatoms. The molecule has 2 heterocycles. The molecule has 0 spiro atoms. The van der Waals surface area contributed by atoms with Gasteiger partial charge in [0.1, 0.15) is 0 Å². The van der Waals surface area contributed by atoms with Crippen LogP contribution in [-0.2, 0) is 0 Å². The monoisotopic (exact) mass is 307 g/mol. The zero-order valence-electron chi connectivity index (χ0n) is 11.3. The first-order chi connectivity index (χ1) is 9.63. The predicted octanol–water partition coefficient (Wildman–Crippen LogP) is 4.86. The van der Waals surface area contributed by atoms with Crippen LogP contribution in [0.3, 0.4) is 0 Å². The molecule has 20 heavy (non-hydrogen) atoms. The van der Waals surface area contributed by atoms with Crippen molar-refractivity contribution >= 4 is 28.6 Å². The van der Waals surface area contributed by atoms with E-state index in [0.29, 0.717) is 11.5 Å². The maximum absolute atomic E-state index is 10.9. The second-order valence-corrected chi connectivity index (χ2v) is 7.35. The lowest BCUT2D eigenvalue weighted by molar-refractivity contribution is 0.0697. The average molecular weight is 307 g/mol. The normalized spacial score (nSPS) is 22.9. The molecule has 106 valence electrons. The maximum Gasteiger partial charge on any atom is 0.336 e. The van der Waals surface area contributed by atoms with Gasteiger partial charge in [-0.2, -0.15) is 0 Å². The van der Waals surface area contributed by atoms with Crippen molar-refractivity contribution < 1.29 is 9.90 Å². The van der Waals surface area contributed by atoms with Gasteiger partial charge in [0.15, 0.2) is 0 Å². The molecule has 0 saturated heterocycles. The number of carboxylic acid groups (broad SMARTS) is 1. The highest BCUT2D eigenvalue weighted by Gasteiger charge is 2.23. The fraction of sp³-hybridized carbons (Fsp3) is 0.467. The lowest BCUT2D eigenvalue weighted by Gasteiger charge is -2.24. The van der Waals surface area contributed by atoms with Gasteiger partial charge in [0.05, 0.1) is 21.1 Å². The second kappa shape index (κ2) is 5.66. The van der Waals surface area contributed by atoms with Crippen molar-refractivity contribution in [1.82, 2.24) is 4.98 Å². The van der Waals surface area contributed by atoms with E-state index >= 15 is 0 Å². The van der Waals surface area contributed by atoms with Crippen molar-refractivity contribution in [1.29, 1.82) is 0 Å². The van der Waals surface area contributed by atoms with E-state index in [0.717, 1.165) is 16.5 Å². The van der Waals surface area contributed by atoms with Gasteiger partial charge in [-0.15, -0.1) is 22.7 Å². The summed E-state index contributed by atoms with van der Waals surface area (Å²) in [6.07, 6.45) is 5.10. The number of hydrogen-bond donors (Lipinski definition) is 1. The molecule has 1 N–H and O–H groups in total. The number of thiazole rings is 1. The van der Waals surface area contributed by atoms with Crippen molar-refractivity contribution in [3.8, 4) is 10.6 Å². The van der Waals surface area contributed by atoms with Crippen molar-refractivity contribution in [2.45, 2.75) is 38.5 Å². The Hall–Kier alpha value is -1.20. The highest BCUT2D eigenvalue weighted by Crippen LogP contribution is 2.39. The SMILES string of the molecule is CC1CCCC(c2nc(-c3cc(C(=O)O)cs3)cs2)C1. The number of hydrogen-bond acceptors (Lipinski definition) is 4. The molecule has 2 atom stereocenters. The van der Waals surface area contributed by atoms with Crippen LogP contribution >= 0.6 is 22.7 Å².